The van der Waals surface area contributed by atoms with E-state index in [0.29, 0.717) is 22.9 Å². The predicted molar refractivity (Wildman–Crippen MR) is 103 cm³/mol. The molecule has 0 atom stereocenters. The maximum Gasteiger partial charge on any atom is 0.236 e. The van der Waals surface area contributed by atoms with Gasteiger partial charge in [-0.15, -0.1) is 0 Å². The zero-order valence-electron chi connectivity index (χ0n) is 15.5. The van der Waals surface area contributed by atoms with E-state index < -0.39 is 0 Å². The predicted octanol–water partition coefficient (Wildman–Crippen LogP) is 3.36. The number of hydrogen-bond acceptors (Lipinski definition) is 5. The van der Waals surface area contributed by atoms with Crippen LogP contribution >= 0.6 is 0 Å². The molecule has 28 heavy (non-hydrogen) atoms. The van der Waals surface area contributed by atoms with Crippen LogP contribution in [0.4, 0.5) is 0 Å². The maximum atomic E-state index is 12.2. The molecule has 0 bridgehead atoms. The molecule has 0 unspecified atom stereocenters. The minimum atomic E-state index is 0.380. The second-order valence-electron chi connectivity index (χ2n) is 6.74. The lowest BCUT2D eigenvalue weighted by atomic mass is 10.1. The normalized spacial score (nSPS) is 11.6. The molecule has 8 heteroatoms. The van der Waals surface area contributed by atoms with E-state index in [-0.39, 0.29) is 0 Å². The summed E-state index contributed by atoms with van der Waals surface area (Å²) in [6.07, 6.45) is 7.66. The van der Waals surface area contributed by atoms with Crippen molar-refractivity contribution in [2.45, 2.75) is 26.8 Å². The second-order valence-corrected chi connectivity index (χ2v) is 6.74. The topological polar surface area (TPSA) is 88.1 Å². The summed E-state index contributed by atoms with van der Waals surface area (Å²) >= 11 is 0. The molecule has 0 saturated heterocycles. The van der Waals surface area contributed by atoms with Gasteiger partial charge in [-0.25, -0.2) is 9.97 Å². The SMILES string of the molecule is CCCn1ncc2cc(-c3ccn4c(n3)c(-c3ncc(C)o3)c[n+]4[O-])ccc21. The summed E-state index contributed by atoms with van der Waals surface area (Å²) in [7, 11) is 0. The van der Waals surface area contributed by atoms with E-state index in [4.69, 9.17) is 9.40 Å². The highest BCUT2D eigenvalue weighted by Gasteiger charge is 2.20. The average molecular weight is 374 g/mol. The van der Waals surface area contributed by atoms with Gasteiger partial charge in [-0.05, 0) is 31.5 Å². The number of benzene rings is 1. The molecular formula is C20H18N6O2. The van der Waals surface area contributed by atoms with Crippen molar-refractivity contribution in [1.29, 1.82) is 0 Å². The molecule has 0 aliphatic rings. The molecule has 0 spiro atoms. The minimum Gasteiger partial charge on any atom is -0.596 e. The molecular weight excluding hydrogens is 356 g/mol. The molecule has 4 aromatic heterocycles. The molecule has 140 valence electrons. The van der Waals surface area contributed by atoms with E-state index in [1.807, 2.05) is 29.9 Å². The van der Waals surface area contributed by atoms with Gasteiger partial charge in [0.05, 0.1) is 29.8 Å². The third kappa shape index (κ3) is 2.53. The molecule has 0 fully saturated rings. The third-order valence-corrected chi connectivity index (χ3v) is 4.73. The molecule has 8 nitrogen and oxygen atoms in total. The van der Waals surface area contributed by atoms with Crippen LogP contribution < -0.4 is 4.85 Å². The van der Waals surface area contributed by atoms with E-state index >= 15 is 0 Å². The summed E-state index contributed by atoms with van der Waals surface area (Å²) in [4.78, 5) is 9.67. The molecule has 5 rings (SSSR count). The Kier molecular flexibility index (Phi) is 3.65. The van der Waals surface area contributed by atoms with Crippen molar-refractivity contribution < 1.29 is 9.26 Å². The van der Waals surface area contributed by atoms with E-state index in [1.165, 1.54) is 10.7 Å². The number of hydrogen-bond donors (Lipinski definition) is 0. The van der Waals surface area contributed by atoms with Crippen molar-refractivity contribution in [1.82, 2.24) is 24.3 Å². The third-order valence-electron chi connectivity index (χ3n) is 4.73. The van der Waals surface area contributed by atoms with Gasteiger partial charge in [0.15, 0.2) is 5.56 Å². The molecule has 0 amide bonds. The van der Waals surface area contributed by atoms with Crippen LogP contribution in [0.2, 0.25) is 0 Å². The largest absolute Gasteiger partial charge is 0.596 e. The average Bonchev–Trinajstić information content (AvgIpc) is 3.39. The fraction of sp³-hybridized carbons (Fsp3) is 0.200. The van der Waals surface area contributed by atoms with E-state index in [2.05, 4.69) is 29.1 Å². The summed E-state index contributed by atoms with van der Waals surface area (Å²) in [6, 6.07) is 7.97. The van der Waals surface area contributed by atoms with Gasteiger partial charge in [0.2, 0.25) is 17.7 Å². The van der Waals surface area contributed by atoms with Crippen LogP contribution in [0.5, 0.6) is 0 Å². The van der Waals surface area contributed by atoms with Crippen molar-refractivity contribution in [3.05, 3.63) is 60.0 Å². The number of nitrogens with zero attached hydrogens (tertiary/aromatic N) is 6. The maximum absolute atomic E-state index is 12.2. The Hall–Kier alpha value is -3.68. The van der Waals surface area contributed by atoms with Gasteiger partial charge in [-0.2, -0.15) is 5.10 Å². The van der Waals surface area contributed by atoms with Gasteiger partial charge in [0.25, 0.3) is 0 Å². The van der Waals surface area contributed by atoms with Gasteiger partial charge in [-0.1, -0.05) is 22.4 Å². The van der Waals surface area contributed by atoms with Crippen molar-refractivity contribution in [3.8, 4) is 22.7 Å². The van der Waals surface area contributed by atoms with Gasteiger partial charge in [0, 0.05) is 17.5 Å². The summed E-state index contributed by atoms with van der Waals surface area (Å²) in [5.74, 6) is 1.06. The fourth-order valence-corrected chi connectivity index (χ4v) is 3.41. The van der Waals surface area contributed by atoms with Crippen molar-refractivity contribution in [2.24, 2.45) is 0 Å². The van der Waals surface area contributed by atoms with Crippen LogP contribution in [0.25, 0.3) is 39.3 Å². The quantitative estimate of drug-likeness (QED) is 0.355. The molecule has 0 aliphatic carbocycles. The van der Waals surface area contributed by atoms with Gasteiger partial charge in [-0.3, -0.25) is 4.68 Å². The van der Waals surface area contributed by atoms with Gasteiger partial charge >= 0.3 is 0 Å². The Morgan fingerprint density at radius 2 is 2.11 bits per heavy atom. The highest BCUT2D eigenvalue weighted by molar-refractivity contribution is 5.84. The first-order valence-corrected chi connectivity index (χ1v) is 9.14. The van der Waals surface area contributed by atoms with E-state index in [9.17, 15) is 5.21 Å². The second kappa shape index (κ2) is 6.19. The van der Waals surface area contributed by atoms with Crippen LogP contribution in [0.3, 0.4) is 0 Å². The highest BCUT2D eigenvalue weighted by atomic mass is 16.5. The van der Waals surface area contributed by atoms with E-state index in [1.54, 1.807) is 12.4 Å². The van der Waals surface area contributed by atoms with Crippen molar-refractivity contribution >= 4 is 16.6 Å². The van der Waals surface area contributed by atoms with Crippen LogP contribution in [0.15, 0.2) is 53.5 Å². The van der Waals surface area contributed by atoms with Gasteiger partial charge < -0.3 is 9.62 Å². The number of oxazole rings is 1. The van der Waals surface area contributed by atoms with Crippen LogP contribution in [0.1, 0.15) is 19.1 Å². The molecule has 0 N–H and O–H groups in total. The molecule has 0 radical (unpaired) electrons. The Labute approximate surface area is 160 Å². The smallest absolute Gasteiger partial charge is 0.236 e. The zero-order valence-corrected chi connectivity index (χ0v) is 15.5. The Balaban J connectivity index is 1.64. The Bertz CT molecular complexity index is 1310. The Morgan fingerprint density at radius 1 is 1.21 bits per heavy atom. The Morgan fingerprint density at radius 3 is 2.89 bits per heavy atom. The molecule has 1 aromatic carbocycles. The zero-order chi connectivity index (χ0) is 19.3. The lowest BCUT2D eigenvalue weighted by Crippen LogP contribution is -2.31. The van der Waals surface area contributed by atoms with Crippen LogP contribution in [0, 0.1) is 12.1 Å². The lowest BCUT2D eigenvalue weighted by molar-refractivity contribution is -0.676. The molecule has 4 heterocycles. The van der Waals surface area contributed by atoms with Crippen molar-refractivity contribution in [3.63, 3.8) is 0 Å². The molecule has 0 saturated carbocycles. The minimum absolute atomic E-state index is 0.380. The molecule has 5 aromatic rings. The first kappa shape index (κ1) is 16.5. The number of rotatable bonds is 4. The standard InChI is InChI=1S/C20H18N6O2/c1-3-7-24-18-5-4-14(9-15(18)11-22-24)17-6-8-25-19(23-17)16(12-26(25)27)20-21-10-13(2)28-20/h4-6,8-12H,3,7H2,1-2H3. The molecule has 0 aliphatic heterocycles. The highest BCUT2D eigenvalue weighted by Crippen LogP contribution is 2.27. The van der Waals surface area contributed by atoms with Crippen LogP contribution in [-0.4, -0.2) is 24.3 Å². The summed E-state index contributed by atoms with van der Waals surface area (Å²) < 4.78 is 9.03. The lowest BCUT2D eigenvalue weighted by Gasteiger charge is -2.04. The fourth-order valence-electron chi connectivity index (χ4n) is 3.41. The van der Waals surface area contributed by atoms with Crippen LogP contribution in [-0.2, 0) is 6.54 Å². The number of aromatic nitrogens is 6. The van der Waals surface area contributed by atoms with E-state index in [0.717, 1.165) is 40.0 Å². The van der Waals surface area contributed by atoms with Gasteiger partial charge in [0.1, 0.15) is 5.76 Å². The monoisotopic (exact) mass is 374 g/mol. The summed E-state index contributed by atoms with van der Waals surface area (Å²) in [5.41, 5.74) is 3.88. The first-order chi connectivity index (χ1) is 13.6. The number of aryl methyl sites for hydroxylation is 2. The summed E-state index contributed by atoms with van der Waals surface area (Å²) in [5, 5.41) is 17.7. The summed E-state index contributed by atoms with van der Waals surface area (Å²) in [6.45, 7) is 4.83. The first-order valence-electron chi connectivity index (χ1n) is 9.14. The number of fused-ring (bicyclic) bond motifs is 2. The van der Waals surface area contributed by atoms with Crippen molar-refractivity contribution in [2.75, 3.05) is 0 Å².